The molecule has 0 aliphatic carbocycles. The molecule has 0 saturated heterocycles. The van der Waals surface area contributed by atoms with Crippen LogP contribution in [0.25, 0.3) is 31.3 Å². The Hall–Kier alpha value is -2.14. The van der Waals surface area contributed by atoms with Gasteiger partial charge in [-0.1, -0.05) is 60.7 Å². The van der Waals surface area contributed by atoms with E-state index in [4.69, 9.17) is 4.65 Å². The summed E-state index contributed by atoms with van der Waals surface area (Å²) in [6, 6.07) is 23.3. The molecule has 1 N–H and O–H groups in total. The van der Waals surface area contributed by atoms with Crippen LogP contribution in [0.5, 0.6) is 0 Å². The highest BCUT2D eigenvalue weighted by atomic mass is 32.1. The molecule has 1 heterocycles. The molecule has 4 aromatic rings. The number of benzene rings is 3. The van der Waals surface area contributed by atoms with Gasteiger partial charge in [0.1, 0.15) is 0 Å². The van der Waals surface area contributed by atoms with Crippen molar-refractivity contribution in [3.63, 3.8) is 0 Å². The molecule has 1 aromatic heterocycles. The van der Waals surface area contributed by atoms with Gasteiger partial charge in [-0.2, -0.15) is 0 Å². The predicted octanol–water partition coefficient (Wildman–Crippen LogP) is 5.53. The molecular weight excluding hydrogens is 363 g/mol. The summed E-state index contributed by atoms with van der Waals surface area (Å²) in [6.07, 6.45) is 0. The Kier molecular flexibility index (Phi) is 4.82. The first-order valence-corrected chi connectivity index (χ1v) is 10.3. The Balaban J connectivity index is 1.82. The maximum Gasteiger partial charge on any atom is 0.331 e. The molecule has 0 bridgehead atoms. The average Bonchev–Trinajstić information content (AvgIpc) is 3.05. The molecule has 0 amide bonds. The van der Waals surface area contributed by atoms with Crippen LogP contribution in [0.2, 0.25) is 0 Å². The smallest absolute Gasteiger partial charge is 0.331 e. The van der Waals surface area contributed by atoms with E-state index >= 15 is 0 Å². The number of fused-ring (bicyclic) bond motifs is 3. The fourth-order valence-electron chi connectivity index (χ4n) is 3.17. The first kappa shape index (κ1) is 19.2. The minimum Gasteiger partial charge on any atom is -0.427 e. The number of hydrogen-bond acceptors (Lipinski definition) is 3. The number of aliphatic hydroxyl groups is 1. The molecular formula is C24H24BO2S. The van der Waals surface area contributed by atoms with Crippen molar-refractivity contribution in [3.05, 3.63) is 66.7 Å². The number of thiophene rings is 1. The van der Waals surface area contributed by atoms with E-state index in [9.17, 15) is 5.11 Å². The van der Waals surface area contributed by atoms with Crippen LogP contribution in [0.1, 0.15) is 27.7 Å². The van der Waals surface area contributed by atoms with Crippen LogP contribution in [0.3, 0.4) is 0 Å². The van der Waals surface area contributed by atoms with E-state index in [-0.39, 0.29) is 0 Å². The van der Waals surface area contributed by atoms with Crippen molar-refractivity contribution in [1.29, 1.82) is 0 Å². The van der Waals surface area contributed by atoms with Crippen LogP contribution in [-0.2, 0) is 4.65 Å². The minimum atomic E-state index is -0.950. The highest BCUT2D eigenvalue weighted by molar-refractivity contribution is 7.26. The van der Waals surface area contributed by atoms with Crippen LogP contribution in [0, 0.1) is 0 Å². The summed E-state index contributed by atoms with van der Waals surface area (Å²) in [5, 5.41) is 12.8. The quantitative estimate of drug-likeness (QED) is 0.456. The maximum atomic E-state index is 10.4. The van der Waals surface area contributed by atoms with Crippen molar-refractivity contribution >= 4 is 44.5 Å². The molecule has 4 heteroatoms. The zero-order valence-electron chi connectivity index (χ0n) is 16.7. The standard InChI is InChI=1S/C24H24BO2S/c1-23(2,26)24(3,4)27-25-19-14-9-15-20-21(19)18-13-8-12-17(22(18)28-20)16-10-6-5-7-11-16/h5-15,26H,1-4H3. The third-order valence-corrected chi connectivity index (χ3v) is 6.80. The summed E-state index contributed by atoms with van der Waals surface area (Å²) >= 11 is 1.81. The van der Waals surface area contributed by atoms with Crippen LogP contribution in [0.15, 0.2) is 66.7 Å². The molecule has 0 aliphatic rings. The molecule has 2 nitrogen and oxygen atoms in total. The van der Waals surface area contributed by atoms with E-state index in [1.807, 2.05) is 31.3 Å². The van der Waals surface area contributed by atoms with Gasteiger partial charge in [0.2, 0.25) is 0 Å². The van der Waals surface area contributed by atoms with Crippen molar-refractivity contribution in [1.82, 2.24) is 0 Å². The van der Waals surface area contributed by atoms with Gasteiger partial charge in [-0.15, -0.1) is 11.3 Å². The zero-order chi connectivity index (χ0) is 19.9. The van der Waals surface area contributed by atoms with Gasteiger partial charge < -0.3 is 9.76 Å². The van der Waals surface area contributed by atoms with Crippen molar-refractivity contribution < 1.29 is 9.76 Å². The Morgan fingerprint density at radius 3 is 2.29 bits per heavy atom. The first-order valence-electron chi connectivity index (χ1n) is 9.51. The molecule has 28 heavy (non-hydrogen) atoms. The molecule has 0 fully saturated rings. The van der Waals surface area contributed by atoms with Gasteiger partial charge in [-0.25, -0.2) is 0 Å². The Morgan fingerprint density at radius 1 is 0.857 bits per heavy atom. The fraction of sp³-hybridized carbons (Fsp3) is 0.250. The average molecular weight is 387 g/mol. The molecule has 1 radical (unpaired) electrons. The second kappa shape index (κ2) is 7.04. The SMILES string of the molecule is CC(C)(O)C(C)(C)O[B]c1cccc2sc3c(-c4ccccc4)cccc3c12. The van der Waals surface area contributed by atoms with Crippen molar-refractivity contribution in [3.8, 4) is 11.1 Å². The van der Waals surface area contributed by atoms with Crippen molar-refractivity contribution in [2.24, 2.45) is 0 Å². The van der Waals surface area contributed by atoms with Gasteiger partial charge in [0.25, 0.3) is 0 Å². The Labute approximate surface area is 171 Å². The Bertz CT molecular complexity index is 1120. The van der Waals surface area contributed by atoms with Crippen LogP contribution >= 0.6 is 11.3 Å². The van der Waals surface area contributed by atoms with Gasteiger partial charge in [0, 0.05) is 14.8 Å². The topological polar surface area (TPSA) is 29.5 Å². The second-order valence-electron chi connectivity index (χ2n) is 8.18. The lowest BCUT2D eigenvalue weighted by Gasteiger charge is -2.37. The number of hydrogen-bond donors (Lipinski definition) is 1. The maximum absolute atomic E-state index is 10.4. The Morgan fingerprint density at radius 2 is 1.57 bits per heavy atom. The lowest BCUT2D eigenvalue weighted by molar-refractivity contribution is -0.0893. The first-order chi connectivity index (χ1) is 13.3. The second-order valence-corrected chi connectivity index (χ2v) is 9.23. The van der Waals surface area contributed by atoms with Crippen LogP contribution in [-0.4, -0.2) is 23.8 Å². The molecule has 0 atom stereocenters. The van der Waals surface area contributed by atoms with Gasteiger partial charge in [-0.3, -0.25) is 0 Å². The normalized spacial score (nSPS) is 12.6. The van der Waals surface area contributed by atoms with Crippen molar-refractivity contribution in [2.45, 2.75) is 38.9 Å². The number of rotatable bonds is 5. The zero-order valence-corrected chi connectivity index (χ0v) is 17.5. The van der Waals surface area contributed by atoms with Gasteiger partial charge in [-0.05, 0) is 55.7 Å². The summed E-state index contributed by atoms with van der Waals surface area (Å²) in [5.41, 5.74) is 1.86. The van der Waals surface area contributed by atoms with Gasteiger partial charge in [0.15, 0.2) is 0 Å². The predicted molar refractivity (Wildman–Crippen MR) is 122 cm³/mol. The molecule has 141 valence electrons. The van der Waals surface area contributed by atoms with Crippen LogP contribution < -0.4 is 5.46 Å². The molecule has 3 aromatic carbocycles. The van der Waals surface area contributed by atoms with E-state index in [1.165, 1.54) is 31.3 Å². The molecule has 0 aliphatic heterocycles. The third-order valence-electron chi connectivity index (χ3n) is 5.59. The molecule has 0 spiro atoms. The van der Waals surface area contributed by atoms with Crippen molar-refractivity contribution in [2.75, 3.05) is 0 Å². The monoisotopic (exact) mass is 387 g/mol. The summed E-state index contributed by atoms with van der Waals surface area (Å²) < 4.78 is 8.57. The fourth-order valence-corrected chi connectivity index (χ4v) is 4.45. The highest BCUT2D eigenvalue weighted by Crippen LogP contribution is 2.39. The third kappa shape index (κ3) is 3.37. The lowest BCUT2D eigenvalue weighted by Crippen LogP contribution is -2.49. The molecule has 0 unspecified atom stereocenters. The summed E-state index contributed by atoms with van der Waals surface area (Å²) in [4.78, 5) is 0. The van der Waals surface area contributed by atoms with E-state index in [0.717, 1.165) is 5.46 Å². The van der Waals surface area contributed by atoms with E-state index in [1.54, 1.807) is 21.3 Å². The summed E-state index contributed by atoms with van der Waals surface area (Å²) in [7, 11) is 1.79. The minimum absolute atomic E-state index is 0.698. The van der Waals surface area contributed by atoms with Gasteiger partial charge in [0.05, 0.1) is 11.2 Å². The summed E-state index contributed by atoms with van der Waals surface area (Å²) in [5.74, 6) is 0. The highest BCUT2D eigenvalue weighted by Gasteiger charge is 2.35. The van der Waals surface area contributed by atoms with Gasteiger partial charge >= 0.3 is 7.48 Å². The lowest BCUT2D eigenvalue weighted by atomic mass is 9.80. The molecule has 4 rings (SSSR count). The summed E-state index contributed by atoms with van der Waals surface area (Å²) in [6.45, 7) is 7.35. The van der Waals surface area contributed by atoms with Crippen LogP contribution in [0.4, 0.5) is 0 Å². The van der Waals surface area contributed by atoms with E-state index < -0.39 is 11.2 Å². The molecule has 0 saturated carbocycles. The van der Waals surface area contributed by atoms with E-state index in [2.05, 4.69) is 60.7 Å². The largest absolute Gasteiger partial charge is 0.427 e. The van der Waals surface area contributed by atoms with E-state index in [0.29, 0.717) is 0 Å².